The summed E-state index contributed by atoms with van der Waals surface area (Å²) in [5, 5.41) is 1.49. The normalized spacial score (nSPS) is 33.4. The second-order valence-corrected chi connectivity index (χ2v) is 6.61. The fourth-order valence-corrected chi connectivity index (χ4v) is 5.14. The van der Waals surface area contributed by atoms with E-state index in [1.165, 1.54) is 23.7 Å². The average molecular weight is 261 g/mol. The predicted octanol–water partition coefficient (Wildman–Crippen LogP) is 4.29. The van der Waals surface area contributed by atoms with Crippen LogP contribution in [-0.2, 0) is 13.0 Å². The van der Waals surface area contributed by atoms with E-state index in [4.69, 9.17) is 0 Å². The number of para-hydroxylation sites is 1. The fraction of sp³-hybridized carbons (Fsp3) is 0.368. The van der Waals surface area contributed by atoms with Gasteiger partial charge < -0.3 is 4.57 Å². The van der Waals surface area contributed by atoms with Gasteiger partial charge in [0.25, 0.3) is 0 Å². The van der Waals surface area contributed by atoms with E-state index in [0.717, 1.165) is 24.3 Å². The molecule has 0 radical (unpaired) electrons. The first-order valence-corrected chi connectivity index (χ1v) is 7.77. The van der Waals surface area contributed by atoms with Gasteiger partial charge in [0, 0.05) is 29.1 Å². The molecule has 1 aromatic carbocycles. The van der Waals surface area contributed by atoms with Crippen LogP contribution in [0, 0.1) is 17.8 Å². The van der Waals surface area contributed by atoms with Gasteiger partial charge in [0.1, 0.15) is 0 Å². The highest BCUT2D eigenvalue weighted by molar-refractivity contribution is 5.87. The molecule has 4 atom stereocenters. The summed E-state index contributed by atoms with van der Waals surface area (Å²) in [6, 6.07) is 8.96. The quantitative estimate of drug-likeness (QED) is 0.675. The highest BCUT2D eigenvalue weighted by atomic mass is 15.0. The van der Waals surface area contributed by atoms with Crippen LogP contribution < -0.4 is 0 Å². The molecule has 0 spiro atoms. The van der Waals surface area contributed by atoms with E-state index in [-0.39, 0.29) is 0 Å². The van der Waals surface area contributed by atoms with Crippen molar-refractivity contribution in [3.8, 4) is 0 Å². The summed E-state index contributed by atoms with van der Waals surface area (Å²) < 4.78 is 2.58. The van der Waals surface area contributed by atoms with Crippen molar-refractivity contribution in [1.82, 2.24) is 4.57 Å². The number of fused-ring (bicyclic) bond motifs is 3. The lowest BCUT2D eigenvalue weighted by atomic mass is 9.89. The van der Waals surface area contributed by atoms with Gasteiger partial charge in [-0.05, 0) is 42.2 Å². The van der Waals surface area contributed by atoms with Crippen molar-refractivity contribution in [1.29, 1.82) is 0 Å². The number of nitrogens with zero attached hydrogens (tertiary/aromatic N) is 1. The number of aromatic nitrogens is 1. The van der Waals surface area contributed by atoms with Gasteiger partial charge >= 0.3 is 0 Å². The number of hydrogen-bond acceptors (Lipinski definition) is 0. The molecular weight excluding hydrogens is 242 g/mol. The van der Waals surface area contributed by atoms with E-state index in [2.05, 4.69) is 53.6 Å². The Bertz CT molecular complexity index is 748. The van der Waals surface area contributed by atoms with Crippen molar-refractivity contribution in [2.45, 2.75) is 25.3 Å². The maximum absolute atomic E-state index is 4.09. The zero-order valence-corrected chi connectivity index (χ0v) is 11.6. The second-order valence-electron chi connectivity index (χ2n) is 6.61. The van der Waals surface area contributed by atoms with E-state index in [1.54, 1.807) is 11.3 Å². The Morgan fingerprint density at radius 1 is 1.25 bits per heavy atom. The molecule has 1 nitrogen and oxygen atoms in total. The number of allylic oxidation sites excluding steroid dienone is 3. The molecule has 3 aliphatic rings. The van der Waals surface area contributed by atoms with Crippen LogP contribution >= 0.6 is 0 Å². The number of benzene rings is 1. The van der Waals surface area contributed by atoms with Gasteiger partial charge in [-0.25, -0.2) is 0 Å². The Morgan fingerprint density at radius 3 is 3.05 bits per heavy atom. The van der Waals surface area contributed by atoms with Gasteiger partial charge in [0.05, 0.1) is 0 Å². The molecule has 0 amide bonds. The van der Waals surface area contributed by atoms with Crippen molar-refractivity contribution in [3.05, 3.63) is 60.3 Å². The van der Waals surface area contributed by atoms with E-state index in [9.17, 15) is 0 Å². The molecule has 0 bridgehead atoms. The molecule has 20 heavy (non-hydrogen) atoms. The van der Waals surface area contributed by atoms with E-state index < -0.39 is 0 Å². The summed E-state index contributed by atoms with van der Waals surface area (Å²) in [4.78, 5) is 0. The van der Waals surface area contributed by atoms with Gasteiger partial charge in [0.2, 0.25) is 0 Å². The first-order valence-electron chi connectivity index (χ1n) is 7.77. The molecule has 2 aromatic rings. The van der Waals surface area contributed by atoms with Gasteiger partial charge in [-0.3, -0.25) is 0 Å². The predicted molar refractivity (Wildman–Crippen MR) is 82.8 cm³/mol. The number of rotatable bonds is 1. The molecule has 2 heterocycles. The van der Waals surface area contributed by atoms with Crippen molar-refractivity contribution in [3.63, 3.8) is 0 Å². The highest BCUT2D eigenvalue weighted by Crippen LogP contribution is 2.57. The molecular formula is C19H19N. The van der Waals surface area contributed by atoms with Crippen LogP contribution in [-0.4, -0.2) is 4.57 Å². The lowest BCUT2D eigenvalue weighted by Gasteiger charge is -2.18. The molecule has 1 fully saturated rings. The molecule has 2 aliphatic carbocycles. The molecule has 1 heteroatoms. The minimum absolute atomic E-state index is 0.701. The van der Waals surface area contributed by atoms with E-state index in [0.29, 0.717) is 5.92 Å². The lowest BCUT2D eigenvalue weighted by molar-refractivity contribution is 0.433. The standard InChI is InChI=1S/C19H19N/c1-2-12-10-13-6-5-9-20-17-8-4-3-7-14(17)16-11-15(12)18(13)19(16)20/h2-8,12-13,15,18H,1,9-11H2/t12-,13+,15+,18-/m0/s1. The van der Waals surface area contributed by atoms with Crippen LogP contribution in [0.3, 0.4) is 0 Å². The van der Waals surface area contributed by atoms with Crippen molar-refractivity contribution in [2.24, 2.45) is 17.8 Å². The van der Waals surface area contributed by atoms with Gasteiger partial charge in [0.15, 0.2) is 0 Å². The fourth-order valence-electron chi connectivity index (χ4n) is 5.14. The average Bonchev–Trinajstić information content (AvgIpc) is 3.04. The molecule has 100 valence electrons. The van der Waals surface area contributed by atoms with Crippen molar-refractivity contribution >= 4 is 10.9 Å². The first-order chi connectivity index (χ1) is 9.88. The first kappa shape index (κ1) is 11.0. The molecule has 1 aromatic heterocycles. The molecule has 1 saturated carbocycles. The molecule has 0 N–H and O–H groups in total. The zero-order valence-electron chi connectivity index (χ0n) is 11.6. The van der Waals surface area contributed by atoms with Gasteiger partial charge in [-0.15, -0.1) is 6.58 Å². The monoisotopic (exact) mass is 261 g/mol. The van der Waals surface area contributed by atoms with Crippen LogP contribution in [0.25, 0.3) is 10.9 Å². The minimum atomic E-state index is 0.701. The zero-order chi connectivity index (χ0) is 13.3. The summed E-state index contributed by atoms with van der Waals surface area (Å²) >= 11 is 0. The Labute approximate surface area is 119 Å². The SMILES string of the molecule is C=C[C@H]1C[C@H]2C=CCn3c4c(c5ccccc53)C[C@H]1[C@@H]42. The summed E-state index contributed by atoms with van der Waals surface area (Å²) in [6.45, 7) is 5.14. The number of hydrogen-bond donors (Lipinski definition) is 0. The van der Waals surface area contributed by atoms with Crippen LogP contribution in [0.2, 0.25) is 0 Å². The molecule has 5 rings (SSSR count). The van der Waals surface area contributed by atoms with Gasteiger partial charge in [-0.1, -0.05) is 36.4 Å². The summed E-state index contributed by atoms with van der Waals surface area (Å²) in [5.41, 5.74) is 4.72. The second kappa shape index (κ2) is 3.66. The third kappa shape index (κ3) is 1.15. The van der Waals surface area contributed by atoms with Crippen LogP contribution in [0.5, 0.6) is 0 Å². The molecule has 0 unspecified atom stereocenters. The van der Waals surface area contributed by atoms with Gasteiger partial charge in [-0.2, -0.15) is 0 Å². The molecule has 1 aliphatic heterocycles. The Morgan fingerprint density at radius 2 is 2.15 bits per heavy atom. The maximum atomic E-state index is 4.09. The van der Waals surface area contributed by atoms with E-state index in [1.807, 2.05) is 0 Å². The topological polar surface area (TPSA) is 4.93 Å². The summed E-state index contributed by atoms with van der Waals surface area (Å²) in [7, 11) is 0. The smallest absolute Gasteiger partial charge is 0.0488 e. The Hall–Kier alpha value is -1.76. The largest absolute Gasteiger partial charge is 0.340 e. The Balaban J connectivity index is 1.83. The van der Waals surface area contributed by atoms with Crippen molar-refractivity contribution in [2.75, 3.05) is 0 Å². The summed E-state index contributed by atoms with van der Waals surface area (Å²) in [5.74, 6) is 2.96. The van der Waals surface area contributed by atoms with Crippen LogP contribution in [0.1, 0.15) is 23.6 Å². The highest BCUT2D eigenvalue weighted by Gasteiger charge is 2.49. The van der Waals surface area contributed by atoms with Crippen LogP contribution in [0.15, 0.2) is 49.1 Å². The van der Waals surface area contributed by atoms with Crippen molar-refractivity contribution < 1.29 is 0 Å². The van der Waals surface area contributed by atoms with E-state index >= 15 is 0 Å². The lowest BCUT2D eigenvalue weighted by Crippen LogP contribution is -2.12. The maximum Gasteiger partial charge on any atom is 0.0488 e. The third-order valence-corrected chi connectivity index (χ3v) is 5.87. The van der Waals surface area contributed by atoms with Crippen LogP contribution in [0.4, 0.5) is 0 Å². The third-order valence-electron chi connectivity index (χ3n) is 5.87. The molecule has 0 saturated heterocycles. The Kier molecular flexibility index (Phi) is 2.01. The summed E-state index contributed by atoms with van der Waals surface area (Å²) in [6.07, 6.45) is 9.65. The minimum Gasteiger partial charge on any atom is -0.340 e.